The molecule has 5 aliphatic rings. The van der Waals surface area contributed by atoms with Crippen LogP contribution < -0.4 is 5.32 Å². The van der Waals surface area contributed by atoms with Crippen molar-refractivity contribution in [2.45, 2.75) is 89.1 Å². The van der Waals surface area contributed by atoms with Crippen LogP contribution in [-0.4, -0.2) is 64.4 Å². The molecular formula is C30H37NO7. The second-order valence-corrected chi connectivity index (χ2v) is 12.4. The summed E-state index contributed by atoms with van der Waals surface area (Å²) in [6.45, 7) is 8.79. The lowest BCUT2D eigenvalue weighted by Gasteiger charge is -2.49. The first-order valence-electron chi connectivity index (χ1n) is 13.7. The summed E-state index contributed by atoms with van der Waals surface area (Å²) in [6.07, 6.45) is 2.06. The van der Waals surface area contributed by atoms with E-state index in [2.05, 4.69) is 19.2 Å². The van der Waals surface area contributed by atoms with Crippen molar-refractivity contribution in [3.05, 3.63) is 48.0 Å². The van der Waals surface area contributed by atoms with E-state index in [1.54, 1.807) is 6.92 Å². The van der Waals surface area contributed by atoms with Crippen LogP contribution in [0.1, 0.15) is 46.6 Å². The Morgan fingerprint density at radius 1 is 1.16 bits per heavy atom. The average Bonchev–Trinajstić information content (AvgIpc) is 3.77. The highest BCUT2D eigenvalue weighted by atomic mass is 16.6. The van der Waals surface area contributed by atoms with Gasteiger partial charge in [0.15, 0.2) is 5.78 Å². The van der Waals surface area contributed by atoms with Gasteiger partial charge in [-0.15, -0.1) is 0 Å². The maximum absolute atomic E-state index is 14.4. The molecule has 2 N–H and O–H groups in total. The Bertz CT molecular complexity index is 1200. The van der Waals surface area contributed by atoms with E-state index in [4.69, 9.17) is 14.2 Å². The molecule has 1 amide bonds. The largest absolute Gasteiger partial charge is 0.458 e. The molecule has 38 heavy (non-hydrogen) atoms. The Morgan fingerprint density at radius 3 is 2.55 bits per heavy atom. The molecule has 3 saturated heterocycles. The van der Waals surface area contributed by atoms with E-state index >= 15 is 0 Å². The third-order valence-corrected chi connectivity index (χ3v) is 10.1. The fourth-order valence-corrected chi connectivity index (χ4v) is 8.06. The summed E-state index contributed by atoms with van der Waals surface area (Å²) in [5.41, 5.74) is -2.29. The topological polar surface area (TPSA) is 118 Å². The summed E-state index contributed by atoms with van der Waals surface area (Å²) < 4.78 is 18.4. The lowest BCUT2D eigenvalue weighted by Crippen LogP contribution is -2.62. The van der Waals surface area contributed by atoms with Crippen LogP contribution in [0.5, 0.6) is 0 Å². The molecule has 2 aliphatic carbocycles. The molecule has 0 aromatic heterocycles. The Kier molecular flexibility index (Phi) is 5.73. The van der Waals surface area contributed by atoms with Crippen molar-refractivity contribution in [1.82, 2.24) is 5.32 Å². The number of carbonyl (C=O) groups excluding carboxylic acids is 3. The van der Waals surface area contributed by atoms with E-state index < -0.39 is 52.7 Å². The van der Waals surface area contributed by atoms with Crippen molar-refractivity contribution in [3.63, 3.8) is 0 Å². The number of hydrogen-bond donors (Lipinski definition) is 2. The van der Waals surface area contributed by atoms with Gasteiger partial charge in [-0.3, -0.25) is 14.4 Å². The molecule has 1 aromatic carbocycles. The first kappa shape index (κ1) is 25.7. The molecule has 1 aromatic rings. The van der Waals surface area contributed by atoms with Crippen LogP contribution in [0.15, 0.2) is 42.5 Å². The van der Waals surface area contributed by atoms with Crippen molar-refractivity contribution in [2.24, 2.45) is 29.1 Å². The van der Waals surface area contributed by atoms with Gasteiger partial charge in [0.1, 0.15) is 29.3 Å². The zero-order valence-electron chi connectivity index (χ0n) is 22.5. The van der Waals surface area contributed by atoms with Crippen LogP contribution in [0.4, 0.5) is 0 Å². The highest BCUT2D eigenvalue weighted by Crippen LogP contribution is 2.68. The SMILES string of the molecule is CC(=O)O[C@@H]1[C@@H]2O[C@@H]2[C@@](C)(O)C(=O)[C@@H](C)C/C=C/[C@H]2[C@@H]3O[C@]3(C)[C@@H](C)[C@H]3[C@H](Cc4ccccc4)NC(=O)[C@@]312. The summed E-state index contributed by atoms with van der Waals surface area (Å²) >= 11 is 0. The Morgan fingerprint density at radius 2 is 1.87 bits per heavy atom. The van der Waals surface area contributed by atoms with Crippen molar-refractivity contribution in [3.8, 4) is 0 Å². The number of epoxide rings is 2. The first-order chi connectivity index (χ1) is 17.9. The second-order valence-electron chi connectivity index (χ2n) is 12.4. The van der Waals surface area contributed by atoms with Gasteiger partial charge in [0.2, 0.25) is 5.91 Å². The minimum atomic E-state index is -1.77. The monoisotopic (exact) mass is 523 g/mol. The minimum Gasteiger partial charge on any atom is -0.458 e. The number of hydrogen-bond acceptors (Lipinski definition) is 7. The number of carbonyl (C=O) groups is 3. The quantitative estimate of drug-likeness (QED) is 0.355. The molecule has 6 rings (SSSR count). The number of Topliss-reactive ketones (excluding diaryl/α,β-unsaturated/α-hetero) is 1. The van der Waals surface area contributed by atoms with Gasteiger partial charge >= 0.3 is 5.97 Å². The van der Waals surface area contributed by atoms with Gasteiger partial charge in [0.05, 0.1) is 11.7 Å². The number of fused-ring (bicyclic) bond motifs is 3. The Hall–Kier alpha value is -2.55. The fourth-order valence-electron chi connectivity index (χ4n) is 8.06. The van der Waals surface area contributed by atoms with E-state index in [0.717, 1.165) is 5.56 Å². The van der Waals surface area contributed by atoms with E-state index in [0.29, 0.717) is 12.8 Å². The maximum atomic E-state index is 14.4. The predicted molar refractivity (Wildman–Crippen MR) is 137 cm³/mol. The van der Waals surface area contributed by atoms with Crippen LogP contribution >= 0.6 is 0 Å². The average molecular weight is 524 g/mol. The van der Waals surface area contributed by atoms with E-state index in [9.17, 15) is 19.5 Å². The normalized spacial score (nSPS) is 49.8. The van der Waals surface area contributed by atoms with Crippen LogP contribution in [0.25, 0.3) is 0 Å². The summed E-state index contributed by atoms with van der Waals surface area (Å²) in [6, 6.07) is 9.80. The molecule has 1 saturated carbocycles. The lowest BCUT2D eigenvalue weighted by atomic mass is 9.50. The number of rotatable bonds is 3. The van der Waals surface area contributed by atoms with Gasteiger partial charge in [0, 0.05) is 30.7 Å². The van der Waals surface area contributed by atoms with Gasteiger partial charge in [-0.2, -0.15) is 0 Å². The van der Waals surface area contributed by atoms with Gasteiger partial charge in [-0.25, -0.2) is 0 Å². The van der Waals surface area contributed by atoms with E-state index in [-0.39, 0.29) is 35.7 Å². The first-order valence-corrected chi connectivity index (χ1v) is 13.7. The molecule has 0 unspecified atom stereocenters. The molecule has 0 bridgehead atoms. The predicted octanol–water partition coefficient (Wildman–Crippen LogP) is 2.37. The molecule has 12 atom stereocenters. The molecule has 8 heteroatoms. The van der Waals surface area contributed by atoms with Crippen LogP contribution in [0.3, 0.4) is 0 Å². The maximum Gasteiger partial charge on any atom is 0.303 e. The lowest BCUT2D eigenvalue weighted by molar-refractivity contribution is -0.171. The molecule has 3 aliphatic heterocycles. The number of aliphatic hydroxyl groups is 1. The van der Waals surface area contributed by atoms with Crippen molar-refractivity contribution < 1.29 is 33.7 Å². The number of nitrogens with one attached hydrogen (secondary N) is 1. The highest BCUT2D eigenvalue weighted by molar-refractivity contribution is 5.91. The van der Waals surface area contributed by atoms with Gasteiger partial charge in [0.25, 0.3) is 0 Å². The molecule has 1 spiro atoms. The van der Waals surface area contributed by atoms with E-state index in [1.165, 1.54) is 13.8 Å². The molecule has 8 nitrogen and oxygen atoms in total. The number of allylic oxidation sites excluding steroid dienone is 1. The minimum absolute atomic E-state index is 0.0359. The second kappa shape index (κ2) is 8.47. The van der Waals surface area contributed by atoms with Gasteiger partial charge < -0.3 is 24.6 Å². The number of esters is 1. The third-order valence-electron chi connectivity index (χ3n) is 10.1. The zero-order chi connectivity index (χ0) is 27.2. The summed E-state index contributed by atoms with van der Waals surface area (Å²) in [5.74, 6) is -2.18. The highest BCUT2D eigenvalue weighted by Gasteiger charge is 2.81. The molecule has 4 fully saturated rings. The van der Waals surface area contributed by atoms with Crippen molar-refractivity contribution in [1.29, 1.82) is 0 Å². The molecule has 0 radical (unpaired) electrons. The van der Waals surface area contributed by atoms with Crippen molar-refractivity contribution in [2.75, 3.05) is 0 Å². The Labute approximate surface area is 223 Å². The molecular weight excluding hydrogens is 486 g/mol. The number of amides is 1. The van der Waals surface area contributed by atoms with Crippen LogP contribution in [0.2, 0.25) is 0 Å². The van der Waals surface area contributed by atoms with Gasteiger partial charge in [-0.05, 0) is 38.2 Å². The molecule has 204 valence electrons. The summed E-state index contributed by atoms with van der Waals surface area (Å²) in [4.78, 5) is 40.2. The van der Waals surface area contributed by atoms with Gasteiger partial charge in [-0.1, -0.05) is 56.3 Å². The fraction of sp³-hybridized carbons (Fsp3) is 0.633. The number of ether oxygens (including phenoxy) is 3. The number of benzene rings is 1. The summed E-state index contributed by atoms with van der Waals surface area (Å²) in [7, 11) is 0. The van der Waals surface area contributed by atoms with Crippen LogP contribution in [-0.2, 0) is 35.0 Å². The van der Waals surface area contributed by atoms with E-state index in [1.807, 2.05) is 42.5 Å². The summed E-state index contributed by atoms with van der Waals surface area (Å²) in [5, 5.41) is 14.6. The van der Waals surface area contributed by atoms with Crippen LogP contribution in [0, 0.1) is 29.1 Å². The molecule has 3 heterocycles. The smallest absolute Gasteiger partial charge is 0.303 e. The number of ketones is 1. The standard InChI is InChI=1S/C30H37NO7/c1-15-10-9-13-19-24-29(5,38-24)16(2)21-20(14-18-11-7-6-8-12-18)31-27(34)30(19,21)26(36-17(3)32)22-25(37-22)28(4,35)23(15)33/h6-9,11-13,15-16,19-22,24-26,35H,10,14H2,1-5H3,(H,31,34)/b13-9+/t15-,16-,19-,20-,21-,22+,24-,25-,26+,28-,29+,30-/m0/s1. The Balaban J connectivity index is 1.52. The third kappa shape index (κ3) is 3.49. The zero-order valence-corrected chi connectivity index (χ0v) is 22.5. The van der Waals surface area contributed by atoms with Crippen molar-refractivity contribution >= 4 is 17.7 Å².